The van der Waals surface area contributed by atoms with Gasteiger partial charge in [-0.1, -0.05) is 142 Å². The number of rotatable bonds is 23. The van der Waals surface area contributed by atoms with Crippen LogP contribution in [0.5, 0.6) is 0 Å². The lowest BCUT2D eigenvalue weighted by Crippen LogP contribution is -2.47. The van der Waals surface area contributed by atoms with Gasteiger partial charge >= 0.3 is 0 Å². The molecule has 50 heavy (non-hydrogen) atoms. The summed E-state index contributed by atoms with van der Waals surface area (Å²) in [5.41, 5.74) is 1.37. The van der Waals surface area contributed by atoms with Gasteiger partial charge in [-0.05, 0) is 54.7 Å². The average Bonchev–Trinajstić information content (AvgIpc) is 3.13. The van der Waals surface area contributed by atoms with Crippen molar-refractivity contribution in [1.82, 2.24) is 9.21 Å². The maximum atomic E-state index is 14.6. The minimum Gasteiger partial charge on any atom is -0.276 e. The largest absolute Gasteiger partial charge is 0.276 e. The van der Waals surface area contributed by atoms with Gasteiger partial charge in [0.1, 0.15) is 10.6 Å². The van der Waals surface area contributed by atoms with E-state index in [4.69, 9.17) is 0 Å². The summed E-state index contributed by atoms with van der Waals surface area (Å²) < 4.78 is 31.0. The van der Waals surface area contributed by atoms with E-state index >= 15 is 0 Å². The second-order valence-electron chi connectivity index (χ2n) is 13.9. The van der Waals surface area contributed by atoms with Crippen molar-refractivity contribution in [3.8, 4) is 0 Å². The highest BCUT2D eigenvalue weighted by Crippen LogP contribution is 2.33. The predicted molar refractivity (Wildman–Crippen MR) is 205 cm³/mol. The Morgan fingerprint density at radius 1 is 0.720 bits per heavy atom. The molecule has 0 saturated heterocycles. The zero-order valence-electron chi connectivity index (χ0n) is 31.5. The van der Waals surface area contributed by atoms with Gasteiger partial charge in [-0.2, -0.15) is 14.5 Å². The zero-order chi connectivity index (χ0) is 36.5. The number of amides is 2. The molecule has 0 bridgehead atoms. The number of hydrogen-bond acceptors (Lipinski definition) is 6. The molecule has 0 saturated carbocycles. The summed E-state index contributed by atoms with van der Waals surface area (Å²) in [5.74, 6) is -0.0734. The Morgan fingerprint density at radius 2 is 1.24 bits per heavy atom. The molecule has 8 nitrogen and oxygen atoms in total. The SMILES string of the molecule is CCCCC(CC)CN1C(=O)C=C(c2ccccc2)C(N=Nc2ccccc2S(=O)(=O)N(CC(CC)CCCC)CC(CC)CCCC)C1=O. The molecule has 2 aromatic rings. The van der Waals surface area contributed by atoms with Crippen molar-refractivity contribution < 1.29 is 18.0 Å². The minimum absolute atomic E-state index is 0.0893. The molecule has 0 N–H and O–H groups in total. The Hall–Kier alpha value is -3.17. The van der Waals surface area contributed by atoms with Crippen molar-refractivity contribution in [1.29, 1.82) is 0 Å². The Morgan fingerprint density at radius 3 is 1.78 bits per heavy atom. The topological polar surface area (TPSA) is 99.5 Å². The third-order valence-corrected chi connectivity index (χ3v) is 12.1. The Labute approximate surface area is 302 Å². The normalized spacial score (nSPS) is 17.4. The minimum atomic E-state index is -3.96. The lowest BCUT2D eigenvalue weighted by Gasteiger charge is -2.31. The van der Waals surface area contributed by atoms with Gasteiger partial charge in [0.2, 0.25) is 10.0 Å². The molecular formula is C41H62N4O4S. The number of sulfonamides is 1. The van der Waals surface area contributed by atoms with Crippen LogP contribution in [0.3, 0.4) is 0 Å². The smallest absolute Gasteiger partial charge is 0.260 e. The monoisotopic (exact) mass is 706 g/mol. The van der Waals surface area contributed by atoms with Crippen LogP contribution in [-0.2, 0) is 19.6 Å². The standard InChI is InChI=1S/C41H62N4O4S/c1-7-13-21-32(10-4)29-44(30-33(11-5)22-14-8-2)50(48,49)38-27-20-19-26-37(38)42-43-40-36(35-24-17-16-18-25-35)28-39(46)45(41(40)47)31-34(12-6)23-15-9-3/h16-20,24-28,32-34,40H,7-15,21-23,29-31H2,1-6H3. The molecule has 1 aliphatic rings. The first-order valence-corrected chi connectivity index (χ1v) is 20.7. The second kappa shape index (κ2) is 21.3. The molecule has 2 amide bonds. The van der Waals surface area contributed by atoms with Gasteiger partial charge in [0.25, 0.3) is 11.8 Å². The summed E-state index contributed by atoms with van der Waals surface area (Å²) in [6, 6.07) is 14.9. The van der Waals surface area contributed by atoms with Gasteiger partial charge in [-0.15, -0.1) is 0 Å². The average molecular weight is 707 g/mol. The number of unbranched alkanes of at least 4 members (excludes halogenated alkanes) is 3. The second-order valence-corrected chi connectivity index (χ2v) is 15.8. The highest BCUT2D eigenvalue weighted by atomic mass is 32.2. The highest BCUT2D eigenvalue weighted by molar-refractivity contribution is 7.89. The molecule has 2 aromatic carbocycles. The number of benzene rings is 2. The van der Waals surface area contributed by atoms with Crippen LogP contribution >= 0.6 is 0 Å². The molecule has 0 aromatic heterocycles. The molecule has 0 radical (unpaired) electrons. The molecule has 1 aliphatic heterocycles. The van der Waals surface area contributed by atoms with E-state index in [0.717, 1.165) is 77.0 Å². The molecule has 0 aliphatic carbocycles. The predicted octanol–water partition coefficient (Wildman–Crippen LogP) is 10.2. The molecule has 1 heterocycles. The molecule has 0 fully saturated rings. The van der Waals surface area contributed by atoms with Crippen LogP contribution in [0.4, 0.5) is 5.69 Å². The fraction of sp³-hybridized carbons (Fsp3) is 0.610. The number of azo groups is 1. The van der Waals surface area contributed by atoms with Crippen molar-refractivity contribution in [2.75, 3.05) is 19.6 Å². The summed E-state index contributed by atoms with van der Waals surface area (Å²) in [5, 5.41) is 9.10. The maximum Gasteiger partial charge on any atom is 0.260 e. The molecule has 3 rings (SSSR count). The van der Waals surface area contributed by atoms with Crippen LogP contribution in [0.25, 0.3) is 5.57 Å². The summed E-state index contributed by atoms with van der Waals surface area (Å²) in [7, 11) is -3.96. The number of hydrogen-bond donors (Lipinski definition) is 0. The lowest BCUT2D eigenvalue weighted by molar-refractivity contribution is -0.143. The number of imide groups is 1. The molecule has 9 heteroatoms. The third kappa shape index (κ3) is 11.4. The van der Waals surface area contributed by atoms with Crippen molar-refractivity contribution in [2.24, 2.45) is 28.0 Å². The third-order valence-electron chi connectivity index (χ3n) is 10.2. The van der Waals surface area contributed by atoms with Gasteiger partial charge in [0.15, 0.2) is 6.04 Å². The summed E-state index contributed by atoms with van der Waals surface area (Å²) >= 11 is 0. The first kappa shape index (κ1) is 41.3. The van der Waals surface area contributed by atoms with Crippen molar-refractivity contribution in [3.05, 3.63) is 66.2 Å². The van der Waals surface area contributed by atoms with E-state index < -0.39 is 22.0 Å². The molecular weight excluding hydrogens is 645 g/mol. The fourth-order valence-electron chi connectivity index (χ4n) is 6.72. The Balaban J connectivity index is 2.05. The Bertz CT molecular complexity index is 1490. The fourth-order valence-corrected chi connectivity index (χ4v) is 8.43. The van der Waals surface area contributed by atoms with E-state index in [1.807, 2.05) is 30.3 Å². The van der Waals surface area contributed by atoms with Crippen LogP contribution in [-0.4, -0.2) is 55.1 Å². The number of nitrogens with zero attached hydrogens (tertiary/aromatic N) is 4. The molecule has 4 atom stereocenters. The van der Waals surface area contributed by atoms with Crippen molar-refractivity contribution >= 4 is 33.1 Å². The first-order chi connectivity index (χ1) is 24.1. The van der Waals surface area contributed by atoms with Crippen molar-refractivity contribution in [3.63, 3.8) is 0 Å². The van der Waals surface area contributed by atoms with E-state index in [0.29, 0.717) is 30.8 Å². The van der Waals surface area contributed by atoms with E-state index in [1.165, 1.54) is 11.0 Å². The maximum absolute atomic E-state index is 14.6. The summed E-state index contributed by atoms with van der Waals surface area (Å²) in [6.45, 7) is 14.1. The lowest BCUT2D eigenvalue weighted by atomic mass is 9.92. The Kier molecular flexibility index (Phi) is 17.5. The molecule has 276 valence electrons. The van der Waals surface area contributed by atoms with Gasteiger partial charge in [-0.25, -0.2) is 8.42 Å². The van der Waals surface area contributed by atoms with E-state index in [9.17, 15) is 18.0 Å². The van der Waals surface area contributed by atoms with Gasteiger partial charge in [0.05, 0.1) is 0 Å². The zero-order valence-corrected chi connectivity index (χ0v) is 32.3. The van der Waals surface area contributed by atoms with Crippen LogP contribution in [0.15, 0.2) is 75.8 Å². The van der Waals surface area contributed by atoms with Crippen LogP contribution in [0.2, 0.25) is 0 Å². The van der Waals surface area contributed by atoms with Crippen LogP contribution < -0.4 is 0 Å². The summed E-state index contributed by atoms with van der Waals surface area (Å²) in [4.78, 5) is 28.9. The van der Waals surface area contributed by atoms with Gasteiger partial charge in [0, 0.05) is 31.3 Å². The summed E-state index contributed by atoms with van der Waals surface area (Å²) in [6.07, 6.45) is 13.4. The number of carbonyl (C=O) groups excluding carboxylic acids is 2. The van der Waals surface area contributed by atoms with Crippen LogP contribution in [0, 0.1) is 17.8 Å². The van der Waals surface area contributed by atoms with E-state index in [1.54, 1.807) is 28.6 Å². The van der Waals surface area contributed by atoms with E-state index in [2.05, 4.69) is 51.8 Å². The number of carbonyl (C=O) groups is 2. The quantitative estimate of drug-likeness (QED) is 0.0848. The van der Waals surface area contributed by atoms with Gasteiger partial charge in [-0.3, -0.25) is 14.5 Å². The van der Waals surface area contributed by atoms with E-state index in [-0.39, 0.29) is 34.2 Å². The highest BCUT2D eigenvalue weighted by Gasteiger charge is 2.38. The molecule has 4 unspecified atom stereocenters. The first-order valence-electron chi connectivity index (χ1n) is 19.3. The van der Waals surface area contributed by atoms with Gasteiger partial charge < -0.3 is 0 Å². The van der Waals surface area contributed by atoms with Crippen molar-refractivity contribution in [2.45, 2.75) is 130 Å². The molecule has 0 spiro atoms. The van der Waals surface area contributed by atoms with Crippen LogP contribution in [0.1, 0.15) is 124 Å².